The summed E-state index contributed by atoms with van der Waals surface area (Å²) in [6.45, 7) is 6.01. The molecule has 0 saturated carbocycles. The zero-order valence-corrected chi connectivity index (χ0v) is 47.2. The minimum absolute atomic E-state index is 0.0568. The number of allylic oxidation sites excluding steroid dienone is 2. The van der Waals surface area contributed by atoms with Crippen LogP contribution in [0.2, 0.25) is 0 Å². The Morgan fingerprint density at radius 1 is 0.438 bits per heavy atom. The molecule has 3 N–H and O–H groups in total. The van der Waals surface area contributed by atoms with Gasteiger partial charge in [-0.3, -0.25) is 14.4 Å². The van der Waals surface area contributed by atoms with Gasteiger partial charge in [-0.15, -0.1) is 0 Å². The Hall–Kier alpha value is -2.54. The lowest BCUT2D eigenvalue weighted by Gasteiger charge is -2.40. The first kappa shape index (κ1) is 68.5. The third-order valence-electron chi connectivity index (χ3n) is 14.3. The molecule has 0 aromatic carbocycles. The van der Waals surface area contributed by atoms with Gasteiger partial charge in [-0.2, -0.15) is 0 Å². The fourth-order valence-electron chi connectivity index (χ4n) is 9.60. The Kier molecular flexibility index (Phi) is 47.2. The van der Waals surface area contributed by atoms with Gasteiger partial charge in [0.15, 0.2) is 24.6 Å². The third kappa shape index (κ3) is 40.4. The van der Waals surface area contributed by atoms with Gasteiger partial charge in [-0.05, 0) is 44.9 Å². The first-order valence-corrected chi connectivity index (χ1v) is 30.7. The topological polar surface area (TPSA) is 175 Å². The van der Waals surface area contributed by atoms with Crippen molar-refractivity contribution >= 4 is 23.9 Å². The van der Waals surface area contributed by atoms with Gasteiger partial charge >= 0.3 is 23.9 Å². The van der Waals surface area contributed by atoms with Crippen LogP contribution in [-0.4, -0.2) is 89.2 Å². The van der Waals surface area contributed by atoms with E-state index in [4.69, 9.17) is 23.7 Å². The Morgan fingerprint density at radius 3 is 1.16 bits per heavy atom. The van der Waals surface area contributed by atoms with Gasteiger partial charge in [0.1, 0.15) is 18.8 Å². The molecule has 0 radical (unpaired) electrons. The van der Waals surface area contributed by atoms with Crippen LogP contribution in [0.15, 0.2) is 12.2 Å². The van der Waals surface area contributed by atoms with Gasteiger partial charge in [0.25, 0.3) is 0 Å². The van der Waals surface area contributed by atoms with E-state index in [1.807, 2.05) is 0 Å². The van der Waals surface area contributed by atoms with E-state index in [1.54, 1.807) is 0 Å². The lowest BCUT2D eigenvalue weighted by Crippen LogP contribution is -2.61. The summed E-state index contributed by atoms with van der Waals surface area (Å²) in [7, 11) is 0. The second-order valence-corrected chi connectivity index (χ2v) is 21.4. The molecule has 0 bridgehead atoms. The quantitative estimate of drug-likeness (QED) is 0.0228. The molecule has 0 aromatic heterocycles. The van der Waals surface area contributed by atoms with Crippen LogP contribution in [0.4, 0.5) is 0 Å². The summed E-state index contributed by atoms with van der Waals surface area (Å²) in [4.78, 5) is 51.1. The molecule has 73 heavy (non-hydrogen) atoms. The number of carboxylic acids is 1. The third-order valence-corrected chi connectivity index (χ3v) is 14.3. The van der Waals surface area contributed by atoms with E-state index in [1.165, 1.54) is 167 Å². The summed E-state index contributed by atoms with van der Waals surface area (Å²) in [5, 5.41) is 31.5. The maximum atomic E-state index is 13.1. The number of esters is 3. The molecule has 0 aliphatic carbocycles. The molecule has 1 aliphatic rings. The second-order valence-electron chi connectivity index (χ2n) is 21.4. The summed E-state index contributed by atoms with van der Waals surface area (Å²) >= 11 is 0. The van der Waals surface area contributed by atoms with Crippen LogP contribution in [-0.2, 0) is 42.9 Å². The van der Waals surface area contributed by atoms with E-state index in [-0.39, 0.29) is 25.9 Å². The van der Waals surface area contributed by atoms with Crippen molar-refractivity contribution in [2.45, 2.75) is 340 Å². The van der Waals surface area contributed by atoms with Crippen LogP contribution in [0.3, 0.4) is 0 Å². The predicted octanol–water partition coefficient (Wildman–Crippen LogP) is 15.7. The van der Waals surface area contributed by atoms with Gasteiger partial charge in [-0.1, -0.05) is 251 Å². The van der Waals surface area contributed by atoms with Gasteiger partial charge < -0.3 is 39.0 Å². The highest BCUT2D eigenvalue weighted by molar-refractivity contribution is 5.74. The zero-order chi connectivity index (χ0) is 53.3. The van der Waals surface area contributed by atoms with Gasteiger partial charge in [-0.25, -0.2) is 4.79 Å². The maximum absolute atomic E-state index is 13.1. The highest BCUT2D eigenvalue weighted by Crippen LogP contribution is 2.27. The van der Waals surface area contributed by atoms with Crippen molar-refractivity contribution in [2.24, 2.45) is 0 Å². The lowest BCUT2D eigenvalue weighted by molar-refractivity contribution is -0.301. The molecular formula is C61H112O12. The molecule has 12 nitrogen and oxygen atoms in total. The summed E-state index contributed by atoms with van der Waals surface area (Å²) in [6, 6.07) is 0. The highest BCUT2D eigenvalue weighted by Gasteiger charge is 2.50. The van der Waals surface area contributed by atoms with E-state index >= 15 is 0 Å². The molecule has 0 spiro atoms. The van der Waals surface area contributed by atoms with Crippen LogP contribution >= 0.6 is 0 Å². The molecule has 1 fully saturated rings. The zero-order valence-electron chi connectivity index (χ0n) is 47.2. The molecule has 1 rings (SSSR count). The maximum Gasteiger partial charge on any atom is 0.335 e. The van der Waals surface area contributed by atoms with Crippen LogP contribution in [0.1, 0.15) is 303 Å². The number of unbranched alkanes of at least 4 members (excludes halogenated alkanes) is 37. The summed E-state index contributed by atoms with van der Waals surface area (Å²) in [6.07, 6.45) is 43.2. The number of aliphatic hydroxyl groups is 2. The van der Waals surface area contributed by atoms with E-state index in [2.05, 4.69) is 32.9 Å². The number of rotatable bonds is 53. The first-order valence-electron chi connectivity index (χ1n) is 30.7. The number of hydrogen-bond donors (Lipinski definition) is 3. The molecule has 428 valence electrons. The fraction of sp³-hybridized carbons (Fsp3) is 0.902. The molecular weight excluding hydrogens is 925 g/mol. The van der Waals surface area contributed by atoms with E-state index < -0.39 is 67.3 Å². The van der Waals surface area contributed by atoms with Crippen molar-refractivity contribution < 1.29 is 58.2 Å². The monoisotopic (exact) mass is 1040 g/mol. The van der Waals surface area contributed by atoms with Crippen LogP contribution < -0.4 is 0 Å². The normalized spacial score (nSPS) is 18.3. The number of carboxylic acid groups (broad SMARTS) is 1. The molecule has 0 aromatic rings. The molecule has 12 heteroatoms. The smallest absolute Gasteiger partial charge is 0.335 e. The van der Waals surface area contributed by atoms with E-state index in [9.17, 15) is 34.5 Å². The second kappa shape index (κ2) is 50.3. The van der Waals surface area contributed by atoms with Crippen molar-refractivity contribution in [3.05, 3.63) is 12.2 Å². The SMILES string of the molecule is CCCCCCCC/C=C\CCCCCCCC(=O)OC1C(OCC(COC(=O)CCCCCCCCCCCCCCCCCCC)OC(=O)CCCCCCCCCCCCC)OC(C(=O)O)C(O)C1O. The fourth-order valence-corrected chi connectivity index (χ4v) is 9.60. The molecule has 6 atom stereocenters. The Morgan fingerprint density at radius 2 is 0.781 bits per heavy atom. The number of aliphatic carboxylic acids is 1. The molecule has 1 saturated heterocycles. The minimum atomic E-state index is -1.90. The van der Waals surface area contributed by atoms with E-state index in [0.29, 0.717) is 19.3 Å². The van der Waals surface area contributed by atoms with Crippen LogP contribution in [0, 0.1) is 0 Å². The van der Waals surface area contributed by atoms with Gasteiger partial charge in [0.2, 0.25) is 0 Å². The Labute approximate surface area is 446 Å². The standard InChI is InChI=1S/C61H112O12/c1-4-7-10-13-16-19-22-24-26-27-29-30-33-35-38-41-44-47-53(62)69-50-52(71-54(63)48-45-42-39-36-32-21-18-15-12-9-6-3)51-70-61-59(57(66)56(65)58(73-61)60(67)68)72-55(64)49-46-43-40-37-34-31-28-25-23-20-17-14-11-8-5-2/h25,28,52,56-59,61,65-66H,4-24,26-27,29-51H2,1-3H3,(H,67,68)/b28-25-. The first-order chi connectivity index (χ1) is 35.6. The number of carbonyl (C=O) groups is 4. The predicted molar refractivity (Wildman–Crippen MR) is 294 cm³/mol. The van der Waals surface area contributed by atoms with E-state index in [0.717, 1.165) is 77.0 Å². The number of ether oxygens (including phenoxy) is 5. The number of aliphatic hydroxyl groups excluding tert-OH is 2. The van der Waals surface area contributed by atoms with Crippen LogP contribution in [0.25, 0.3) is 0 Å². The summed E-state index contributed by atoms with van der Waals surface area (Å²) < 4.78 is 28.4. The van der Waals surface area contributed by atoms with Crippen LogP contribution in [0.5, 0.6) is 0 Å². The number of hydrogen-bond acceptors (Lipinski definition) is 11. The average Bonchev–Trinajstić information content (AvgIpc) is 3.37. The summed E-state index contributed by atoms with van der Waals surface area (Å²) in [5.74, 6) is -3.09. The van der Waals surface area contributed by atoms with Crippen molar-refractivity contribution in [1.29, 1.82) is 0 Å². The average molecular weight is 1040 g/mol. The van der Waals surface area contributed by atoms with Crippen molar-refractivity contribution in [3.8, 4) is 0 Å². The molecule has 1 aliphatic heterocycles. The van der Waals surface area contributed by atoms with Crippen molar-refractivity contribution in [3.63, 3.8) is 0 Å². The van der Waals surface area contributed by atoms with Crippen molar-refractivity contribution in [1.82, 2.24) is 0 Å². The number of carbonyl (C=O) groups excluding carboxylic acids is 3. The highest BCUT2D eigenvalue weighted by atomic mass is 16.7. The molecule has 0 amide bonds. The Bertz CT molecular complexity index is 1320. The lowest BCUT2D eigenvalue weighted by atomic mass is 9.98. The largest absolute Gasteiger partial charge is 0.479 e. The summed E-state index contributed by atoms with van der Waals surface area (Å²) in [5.41, 5.74) is 0. The molecule has 1 heterocycles. The minimum Gasteiger partial charge on any atom is -0.479 e. The van der Waals surface area contributed by atoms with Crippen molar-refractivity contribution in [2.75, 3.05) is 13.2 Å². The van der Waals surface area contributed by atoms with Gasteiger partial charge in [0.05, 0.1) is 6.61 Å². The Balaban J connectivity index is 2.64. The van der Waals surface area contributed by atoms with Gasteiger partial charge in [0, 0.05) is 19.3 Å². The molecule has 6 unspecified atom stereocenters.